The minimum absolute atomic E-state index is 0.222. The minimum atomic E-state index is -0.222. The largest absolute Gasteiger partial charge is 0.292 e. The molecule has 6 heteroatoms. The summed E-state index contributed by atoms with van der Waals surface area (Å²) < 4.78 is 13.1. The van der Waals surface area contributed by atoms with E-state index in [1.807, 2.05) is 11.6 Å². The third kappa shape index (κ3) is 3.81. The van der Waals surface area contributed by atoms with E-state index in [1.165, 1.54) is 23.4 Å². The van der Waals surface area contributed by atoms with E-state index in [2.05, 4.69) is 16.8 Å². The lowest BCUT2D eigenvalue weighted by Gasteiger charge is -2.27. The van der Waals surface area contributed by atoms with Crippen molar-refractivity contribution >= 4 is 11.3 Å². The first-order valence-corrected chi connectivity index (χ1v) is 9.85. The highest BCUT2D eigenvalue weighted by molar-refractivity contribution is 7.09. The van der Waals surface area contributed by atoms with Gasteiger partial charge in [0, 0.05) is 54.3 Å². The predicted molar refractivity (Wildman–Crippen MR) is 101 cm³/mol. The molecule has 0 amide bonds. The van der Waals surface area contributed by atoms with Gasteiger partial charge in [-0.3, -0.25) is 4.90 Å². The Balaban J connectivity index is 1.43. The molecule has 0 fully saturated rings. The van der Waals surface area contributed by atoms with Crippen LogP contribution in [0.4, 0.5) is 4.39 Å². The highest BCUT2D eigenvalue weighted by Gasteiger charge is 2.19. The van der Waals surface area contributed by atoms with E-state index in [1.54, 1.807) is 23.5 Å². The summed E-state index contributed by atoms with van der Waals surface area (Å²) in [6.45, 7) is 4.83. The maximum absolute atomic E-state index is 13.1. The van der Waals surface area contributed by atoms with Crippen LogP contribution in [0.2, 0.25) is 0 Å². The topological polar surface area (TPSA) is 41.9 Å². The lowest BCUT2D eigenvalue weighted by molar-refractivity contribution is 0.242. The Morgan fingerprint density at radius 1 is 1.19 bits per heavy atom. The van der Waals surface area contributed by atoms with Crippen molar-refractivity contribution in [1.29, 1.82) is 0 Å². The van der Waals surface area contributed by atoms with Gasteiger partial charge >= 0.3 is 0 Å². The van der Waals surface area contributed by atoms with Gasteiger partial charge in [-0.05, 0) is 30.7 Å². The van der Waals surface area contributed by atoms with E-state index in [4.69, 9.17) is 9.97 Å². The van der Waals surface area contributed by atoms with Gasteiger partial charge in [-0.25, -0.2) is 19.3 Å². The second-order valence-electron chi connectivity index (χ2n) is 6.60. The molecule has 0 spiro atoms. The number of nitrogens with zero attached hydrogens (tertiary/aromatic N) is 4. The standard InChI is InChI=1S/C20H21FN4S/c1-2-3-19-22-10-15-11-25(9-8-17(15)23-19)12-20-24-18(13-26-20)14-4-6-16(21)7-5-14/h4-7,10,13H,2-3,8-9,11-12H2,1H3. The van der Waals surface area contributed by atoms with Crippen LogP contribution in [0.3, 0.4) is 0 Å². The van der Waals surface area contributed by atoms with Crippen LogP contribution in [0.15, 0.2) is 35.8 Å². The van der Waals surface area contributed by atoms with Crippen molar-refractivity contribution in [3.05, 3.63) is 63.7 Å². The van der Waals surface area contributed by atoms with Crippen molar-refractivity contribution in [3.63, 3.8) is 0 Å². The Morgan fingerprint density at radius 3 is 2.85 bits per heavy atom. The quantitative estimate of drug-likeness (QED) is 0.675. The number of halogens is 1. The van der Waals surface area contributed by atoms with E-state index < -0.39 is 0 Å². The Kier molecular flexibility index (Phi) is 5.04. The number of thiazole rings is 1. The third-order valence-electron chi connectivity index (χ3n) is 4.59. The molecule has 0 aliphatic carbocycles. The Bertz CT molecular complexity index is 891. The normalized spacial score (nSPS) is 14.4. The number of aryl methyl sites for hydroxylation is 1. The number of hydrogen-bond donors (Lipinski definition) is 0. The SMILES string of the molecule is CCCc1ncc2c(n1)CCN(Cc1nc(-c3ccc(F)cc3)cs1)C2. The molecule has 0 N–H and O–H groups in total. The van der Waals surface area contributed by atoms with E-state index in [0.717, 1.165) is 61.0 Å². The number of aromatic nitrogens is 3. The van der Waals surface area contributed by atoms with Crippen LogP contribution in [-0.2, 0) is 25.9 Å². The summed E-state index contributed by atoms with van der Waals surface area (Å²) in [7, 11) is 0. The second-order valence-corrected chi connectivity index (χ2v) is 7.54. The van der Waals surface area contributed by atoms with Crippen LogP contribution in [0.1, 0.15) is 35.4 Å². The summed E-state index contributed by atoms with van der Waals surface area (Å²) in [5, 5.41) is 3.12. The maximum atomic E-state index is 13.1. The third-order valence-corrected chi connectivity index (χ3v) is 5.42. The molecular formula is C20H21FN4S. The number of hydrogen-bond acceptors (Lipinski definition) is 5. The van der Waals surface area contributed by atoms with Crippen LogP contribution in [-0.4, -0.2) is 26.4 Å². The lowest BCUT2D eigenvalue weighted by atomic mass is 10.1. The van der Waals surface area contributed by atoms with Crippen molar-refractivity contribution in [1.82, 2.24) is 19.9 Å². The molecule has 1 aliphatic heterocycles. The zero-order valence-corrected chi connectivity index (χ0v) is 15.6. The molecule has 4 rings (SSSR count). The molecule has 0 bridgehead atoms. The van der Waals surface area contributed by atoms with Gasteiger partial charge in [-0.15, -0.1) is 11.3 Å². The smallest absolute Gasteiger partial charge is 0.128 e. The first kappa shape index (κ1) is 17.2. The van der Waals surface area contributed by atoms with Gasteiger partial charge in [0.25, 0.3) is 0 Å². The molecule has 4 nitrogen and oxygen atoms in total. The monoisotopic (exact) mass is 368 g/mol. The molecule has 0 saturated carbocycles. The summed E-state index contributed by atoms with van der Waals surface area (Å²) in [5.41, 5.74) is 4.29. The van der Waals surface area contributed by atoms with Crippen molar-refractivity contribution < 1.29 is 4.39 Å². The molecule has 0 atom stereocenters. The zero-order chi connectivity index (χ0) is 17.9. The van der Waals surface area contributed by atoms with Gasteiger partial charge in [0.15, 0.2) is 0 Å². The van der Waals surface area contributed by atoms with Crippen LogP contribution in [0, 0.1) is 5.82 Å². The summed E-state index contributed by atoms with van der Waals surface area (Å²) >= 11 is 1.65. The summed E-state index contributed by atoms with van der Waals surface area (Å²) in [6.07, 6.45) is 4.98. The summed E-state index contributed by atoms with van der Waals surface area (Å²) in [4.78, 5) is 16.3. The van der Waals surface area contributed by atoms with Crippen LogP contribution >= 0.6 is 11.3 Å². The average molecular weight is 368 g/mol. The Morgan fingerprint density at radius 2 is 2.04 bits per heavy atom. The molecule has 3 aromatic rings. The van der Waals surface area contributed by atoms with Gasteiger partial charge in [0.1, 0.15) is 16.6 Å². The fourth-order valence-corrected chi connectivity index (χ4v) is 4.07. The fraction of sp³-hybridized carbons (Fsp3) is 0.350. The van der Waals surface area contributed by atoms with Crippen molar-refractivity contribution in [2.45, 2.75) is 39.3 Å². The fourth-order valence-electron chi connectivity index (χ4n) is 3.22. The average Bonchev–Trinajstić information content (AvgIpc) is 3.11. The van der Waals surface area contributed by atoms with Crippen molar-refractivity contribution in [2.24, 2.45) is 0 Å². The first-order chi connectivity index (χ1) is 12.7. The number of fused-ring (bicyclic) bond motifs is 1. The summed E-state index contributed by atoms with van der Waals surface area (Å²) in [5.74, 6) is 0.740. The number of benzene rings is 1. The minimum Gasteiger partial charge on any atom is -0.292 e. The van der Waals surface area contributed by atoms with E-state index in [0.29, 0.717) is 0 Å². The van der Waals surface area contributed by atoms with E-state index in [-0.39, 0.29) is 5.82 Å². The molecule has 1 aromatic carbocycles. The highest BCUT2D eigenvalue weighted by Crippen LogP contribution is 2.25. The predicted octanol–water partition coefficient (Wildman–Crippen LogP) is 4.25. The Labute approximate surface area is 156 Å². The van der Waals surface area contributed by atoms with Crippen LogP contribution < -0.4 is 0 Å². The molecule has 0 unspecified atom stereocenters. The van der Waals surface area contributed by atoms with E-state index in [9.17, 15) is 4.39 Å². The van der Waals surface area contributed by atoms with Crippen molar-refractivity contribution in [2.75, 3.05) is 6.54 Å². The van der Waals surface area contributed by atoms with Gasteiger partial charge in [0.2, 0.25) is 0 Å². The van der Waals surface area contributed by atoms with Gasteiger partial charge in [0.05, 0.1) is 12.2 Å². The molecule has 3 heterocycles. The summed E-state index contributed by atoms with van der Waals surface area (Å²) in [6, 6.07) is 6.50. The maximum Gasteiger partial charge on any atom is 0.128 e. The van der Waals surface area contributed by atoms with E-state index >= 15 is 0 Å². The lowest BCUT2D eigenvalue weighted by Crippen LogP contribution is -2.31. The zero-order valence-electron chi connectivity index (χ0n) is 14.8. The molecule has 134 valence electrons. The van der Waals surface area contributed by atoms with Gasteiger partial charge < -0.3 is 0 Å². The molecule has 1 aliphatic rings. The Hall–Kier alpha value is -2.18. The van der Waals surface area contributed by atoms with Gasteiger partial charge in [-0.1, -0.05) is 6.92 Å². The molecule has 0 radical (unpaired) electrons. The van der Waals surface area contributed by atoms with Crippen LogP contribution in [0.25, 0.3) is 11.3 Å². The molecule has 2 aromatic heterocycles. The molecule has 26 heavy (non-hydrogen) atoms. The first-order valence-electron chi connectivity index (χ1n) is 8.97. The number of rotatable bonds is 5. The molecule has 0 saturated heterocycles. The van der Waals surface area contributed by atoms with Gasteiger partial charge in [-0.2, -0.15) is 0 Å². The second kappa shape index (κ2) is 7.60. The highest BCUT2D eigenvalue weighted by atomic mass is 32.1. The molecular weight excluding hydrogens is 347 g/mol. The van der Waals surface area contributed by atoms with Crippen LogP contribution in [0.5, 0.6) is 0 Å². The van der Waals surface area contributed by atoms with Crippen molar-refractivity contribution in [3.8, 4) is 11.3 Å².